The first-order valence-corrected chi connectivity index (χ1v) is 8.02. The molecule has 0 aliphatic carbocycles. The van der Waals surface area contributed by atoms with E-state index in [-0.39, 0.29) is 34.3 Å². The molecule has 0 fully saturated rings. The Labute approximate surface area is 160 Å². The summed E-state index contributed by atoms with van der Waals surface area (Å²) in [6.45, 7) is 1.45. The van der Waals surface area contributed by atoms with Crippen LogP contribution in [-0.2, 0) is 12.4 Å². The summed E-state index contributed by atoms with van der Waals surface area (Å²) in [7, 11) is 0. The van der Waals surface area contributed by atoms with Crippen molar-refractivity contribution in [3.63, 3.8) is 0 Å². The lowest BCUT2D eigenvalue weighted by Crippen LogP contribution is -2.13. The van der Waals surface area contributed by atoms with E-state index in [9.17, 15) is 26.3 Å². The first kappa shape index (κ1) is 20.4. The summed E-state index contributed by atoms with van der Waals surface area (Å²) < 4.78 is 80.2. The average Bonchev–Trinajstić information content (AvgIpc) is 2.60. The number of hydrogen-bond acceptors (Lipinski definition) is 5. The number of hydrogen-bond donors (Lipinski definition) is 2. The number of halogens is 6. The maximum absolute atomic E-state index is 13.6. The molecule has 0 saturated heterocycles. The van der Waals surface area contributed by atoms with E-state index in [1.165, 1.54) is 25.3 Å². The summed E-state index contributed by atoms with van der Waals surface area (Å²) in [5.41, 5.74) is 7.94. The third-order valence-electron chi connectivity index (χ3n) is 4.09. The van der Waals surface area contributed by atoms with Gasteiger partial charge in [-0.25, -0.2) is 15.0 Å². The topological polar surface area (TPSA) is 90.7 Å². The van der Waals surface area contributed by atoms with E-state index in [0.29, 0.717) is 18.2 Å². The predicted octanol–water partition coefficient (Wildman–Crippen LogP) is 4.72. The highest BCUT2D eigenvalue weighted by atomic mass is 19.4. The van der Waals surface area contributed by atoms with Crippen molar-refractivity contribution in [2.45, 2.75) is 19.3 Å². The fourth-order valence-corrected chi connectivity index (χ4v) is 2.85. The average molecular weight is 413 g/mol. The zero-order chi connectivity index (χ0) is 21.6. The fraction of sp³-hybridized carbons (Fsp3) is 0.167. The van der Waals surface area contributed by atoms with Gasteiger partial charge in [0.15, 0.2) is 0 Å². The maximum Gasteiger partial charge on any atom is 0.417 e. The molecule has 1 aromatic carbocycles. The molecule has 152 valence electrons. The van der Waals surface area contributed by atoms with Crippen molar-refractivity contribution in [3.8, 4) is 22.4 Å². The Morgan fingerprint density at radius 3 is 2.10 bits per heavy atom. The zero-order valence-corrected chi connectivity index (χ0v) is 14.7. The minimum atomic E-state index is -4.93. The van der Waals surface area contributed by atoms with Crippen LogP contribution in [0.2, 0.25) is 0 Å². The molecule has 2 aromatic heterocycles. The summed E-state index contributed by atoms with van der Waals surface area (Å²) in [6.07, 6.45) is -8.51. The number of nitrogen functional groups attached to an aromatic ring is 2. The number of alkyl halides is 6. The molecule has 3 aromatic rings. The molecule has 0 atom stereocenters. The standard InChI is InChI=1S/C18H13F6N5/c1-8-14(9-2-5-13(25)27-7-9)15(29-16(26)28-8)11-6-10(17(19,20)21)3-4-12(11)18(22,23)24/h2-7H,1H3,(H2,25,27)(H2,26,28,29). The van der Waals surface area contributed by atoms with E-state index < -0.39 is 29.0 Å². The van der Waals surface area contributed by atoms with Crippen molar-refractivity contribution in [2.75, 3.05) is 11.5 Å². The van der Waals surface area contributed by atoms with Crippen LogP contribution >= 0.6 is 0 Å². The van der Waals surface area contributed by atoms with Crippen molar-refractivity contribution in [3.05, 3.63) is 53.3 Å². The van der Waals surface area contributed by atoms with Crippen LogP contribution in [0.15, 0.2) is 36.5 Å². The first-order chi connectivity index (χ1) is 13.4. The zero-order valence-electron chi connectivity index (χ0n) is 14.7. The van der Waals surface area contributed by atoms with Crippen LogP contribution in [-0.4, -0.2) is 15.0 Å². The monoisotopic (exact) mass is 413 g/mol. The van der Waals surface area contributed by atoms with E-state index >= 15 is 0 Å². The smallest absolute Gasteiger partial charge is 0.384 e. The Balaban J connectivity index is 2.40. The van der Waals surface area contributed by atoms with E-state index in [2.05, 4.69) is 15.0 Å². The lowest BCUT2D eigenvalue weighted by Gasteiger charge is -2.18. The van der Waals surface area contributed by atoms with Gasteiger partial charge in [-0.05, 0) is 37.3 Å². The third kappa shape index (κ3) is 4.08. The van der Waals surface area contributed by atoms with Crippen LogP contribution in [0.4, 0.5) is 38.1 Å². The van der Waals surface area contributed by atoms with Gasteiger partial charge in [0.25, 0.3) is 0 Å². The number of aryl methyl sites for hydroxylation is 1. The van der Waals surface area contributed by atoms with Crippen LogP contribution in [0.5, 0.6) is 0 Å². The van der Waals surface area contributed by atoms with Gasteiger partial charge in [-0.15, -0.1) is 0 Å². The summed E-state index contributed by atoms with van der Waals surface area (Å²) in [4.78, 5) is 11.6. The van der Waals surface area contributed by atoms with Gasteiger partial charge in [0.05, 0.1) is 22.5 Å². The fourth-order valence-electron chi connectivity index (χ4n) is 2.85. The van der Waals surface area contributed by atoms with Crippen LogP contribution < -0.4 is 11.5 Å². The number of anilines is 2. The summed E-state index contributed by atoms with van der Waals surface area (Å²) in [6, 6.07) is 3.99. The van der Waals surface area contributed by atoms with Crippen LogP contribution in [0.1, 0.15) is 16.8 Å². The van der Waals surface area contributed by atoms with Gasteiger partial charge >= 0.3 is 12.4 Å². The molecule has 11 heteroatoms. The predicted molar refractivity (Wildman–Crippen MR) is 94.3 cm³/mol. The molecule has 2 heterocycles. The Kier molecular flexibility index (Phi) is 4.85. The molecule has 4 N–H and O–H groups in total. The first-order valence-electron chi connectivity index (χ1n) is 8.02. The highest BCUT2D eigenvalue weighted by Gasteiger charge is 2.38. The van der Waals surface area contributed by atoms with Crippen molar-refractivity contribution in [1.29, 1.82) is 0 Å². The summed E-state index contributed by atoms with van der Waals surface area (Å²) >= 11 is 0. The van der Waals surface area contributed by atoms with Gasteiger partial charge in [0.1, 0.15) is 5.82 Å². The van der Waals surface area contributed by atoms with Crippen molar-refractivity contribution < 1.29 is 26.3 Å². The van der Waals surface area contributed by atoms with Gasteiger partial charge < -0.3 is 11.5 Å². The Morgan fingerprint density at radius 1 is 0.862 bits per heavy atom. The molecule has 0 amide bonds. The minimum Gasteiger partial charge on any atom is -0.384 e. The Hall–Kier alpha value is -3.37. The molecular formula is C18H13F6N5. The highest BCUT2D eigenvalue weighted by Crippen LogP contribution is 2.43. The van der Waals surface area contributed by atoms with Gasteiger partial charge in [-0.1, -0.05) is 0 Å². The number of nitrogens with zero attached hydrogens (tertiary/aromatic N) is 3. The summed E-state index contributed by atoms with van der Waals surface area (Å²) in [5, 5.41) is 0. The second kappa shape index (κ2) is 6.90. The number of rotatable bonds is 2. The molecule has 0 spiro atoms. The van der Waals surface area contributed by atoms with Crippen LogP contribution in [0.25, 0.3) is 22.4 Å². The molecule has 3 rings (SSSR count). The second-order valence-electron chi connectivity index (χ2n) is 6.12. The van der Waals surface area contributed by atoms with E-state index in [4.69, 9.17) is 11.5 Å². The summed E-state index contributed by atoms with van der Waals surface area (Å²) in [5.74, 6) is -0.227. The molecule has 0 unspecified atom stereocenters. The van der Waals surface area contributed by atoms with Crippen LogP contribution in [0.3, 0.4) is 0 Å². The molecule has 29 heavy (non-hydrogen) atoms. The van der Waals surface area contributed by atoms with Crippen molar-refractivity contribution in [1.82, 2.24) is 15.0 Å². The lowest BCUT2D eigenvalue weighted by molar-refractivity contribution is -0.141. The number of pyridine rings is 1. The number of nitrogens with two attached hydrogens (primary N) is 2. The van der Waals surface area contributed by atoms with Crippen molar-refractivity contribution in [2.24, 2.45) is 0 Å². The lowest BCUT2D eigenvalue weighted by atomic mass is 9.94. The van der Waals surface area contributed by atoms with Gasteiger partial charge in [-0.3, -0.25) is 0 Å². The van der Waals surface area contributed by atoms with Gasteiger partial charge in [0, 0.05) is 22.9 Å². The van der Waals surface area contributed by atoms with Gasteiger partial charge in [0.2, 0.25) is 5.95 Å². The quantitative estimate of drug-likeness (QED) is 0.594. The normalized spacial score (nSPS) is 12.2. The van der Waals surface area contributed by atoms with Crippen LogP contribution in [0, 0.1) is 6.92 Å². The third-order valence-corrected chi connectivity index (χ3v) is 4.09. The molecule has 0 saturated carbocycles. The molecule has 0 aliphatic rings. The second-order valence-corrected chi connectivity index (χ2v) is 6.12. The van der Waals surface area contributed by atoms with Gasteiger partial charge in [-0.2, -0.15) is 26.3 Å². The Morgan fingerprint density at radius 2 is 1.55 bits per heavy atom. The molecule has 0 aliphatic heterocycles. The maximum atomic E-state index is 13.6. The SMILES string of the molecule is Cc1nc(N)nc(-c2cc(C(F)(F)F)ccc2C(F)(F)F)c1-c1ccc(N)nc1. The van der Waals surface area contributed by atoms with E-state index in [0.717, 1.165) is 0 Å². The molecule has 5 nitrogen and oxygen atoms in total. The molecule has 0 radical (unpaired) electrons. The minimum absolute atomic E-state index is 0.0662. The number of aromatic nitrogens is 3. The largest absolute Gasteiger partial charge is 0.417 e. The van der Waals surface area contributed by atoms with Crippen molar-refractivity contribution >= 4 is 11.8 Å². The number of benzene rings is 1. The van der Waals surface area contributed by atoms with E-state index in [1.54, 1.807) is 0 Å². The molecular weight excluding hydrogens is 400 g/mol. The molecule has 0 bridgehead atoms. The Bertz CT molecular complexity index is 1060. The highest BCUT2D eigenvalue weighted by molar-refractivity contribution is 5.84. The van der Waals surface area contributed by atoms with E-state index in [1.807, 2.05) is 0 Å².